The molecule has 1 atom stereocenters. The quantitative estimate of drug-likeness (QED) is 0.0944. The van der Waals surface area contributed by atoms with Crippen molar-refractivity contribution in [1.82, 2.24) is 21.0 Å². The molecule has 1 aliphatic heterocycles. The van der Waals surface area contributed by atoms with E-state index in [-0.39, 0.29) is 54.2 Å². The van der Waals surface area contributed by atoms with Crippen molar-refractivity contribution in [3.63, 3.8) is 0 Å². The number of carbonyl (C=O) groups excluding carboxylic acids is 5. The summed E-state index contributed by atoms with van der Waals surface area (Å²) in [4.78, 5) is 60.9. The Bertz CT molecular complexity index is 1730. The number of hydrogen-bond acceptors (Lipinski definition) is 10. The van der Waals surface area contributed by atoms with E-state index < -0.39 is 23.8 Å². The van der Waals surface area contributed by atoms with E-state index >= 15 is 0 Å². The van der Waals surface area contributed by atoms with E-state index in [0.29, 0.717) is 48.7 Å². The van der Waals surface area contributed by atoms with Gasteiger partial charge in [-0.25, -0.2) is 0 Å². The molecule has 5 amide bonds. The van der Waals surface area contributed by atoms with Crippen molar-refractivity contribution in [2.45, 2.75) is 57.9 Å². The molecule has 0 spiro atoms. The summed E-state index contributed by atoms with van der Waals surface area (Å²) in [6.07, 6.45) is 3.81. The number of aryl methyl sites for hydroxylation is 2. The molecule has 1 saturated heterocycles. The molecule has 0 aliphatic carbocycles. The second kappa shape index (κ2) is 19.7. The van der Waals surface area contributed by atoms with Crippen LogP contribution in [0.2, 0.25) is 0 Å². The number of benzene rings is 3. The van der Waals surface area contributed by atoms with E-state index in [1.165, 1.54) is 12.1 Å². The molecule has 0 aromatic heterocycles. The number of rotatable bonds is 19. The third kappa shape index (κ3) is 11.5. The van der Waals surface area contributed by atoms with Crippen LogP contribution < -0.4 is 34.9 Å². The minimum atomic E-state index is -1.30. The summed E-state index contributed by atoms with van der Waals surface area (Å²) >= 11 is 0. The first-order valence-electron chi connectivity index (χ1n) is 17.1. The second-order valence-electron chi connectivity index (χ2n) is 12.2. The summed E-state index contributed by atoms with van der Waals surface area (Å²) in [6.45, 7) is 1.92. The normalized spacial score (nSPS) is 13.8. The predicted molar refractivity (Wildman–Crippen MR) is 191 cm³/mol. The monoisotopic (exact) mass is 717 g/mol. The lowest BCUT2D eigenvalue weighted by atomic mass is 10.0. The van der Waals surface area contributed by atoms with Crippen molar-refractivity contribution in [3.8, 4) is 23.0 Å². The Balaban J connectivity index is 1.08. The van der Waals surface area contributed by atoms with Crippen LogP contribution in [-0.4, -0.2) is 81.2 Å². The first-order valence-corrected chi connectivity index (χ1v) is 17.1. The Morgan fingerprint density at radius 3 is 2.13 bits per heavy atom. The van der Waals surface area contributed by atoms with Crippen LogP contribution in [0.15, 0.2) is 60.7 Å². The first kappa shape index (κ1) is 39.2. The number of methoxy groups -OCH3 is 2. The number of carbonyl (C=O) groups is 5. The van der Waals surface area contributed by atoms with E-state index in [0.717, 1.165) is 30.4 Å². The standard InChI is InChI=1S/C38H45N4O10/c1-25-29(38(47)42(48)30-16-18-34(43)41-37(30)46)13-8-14-31(25)52-24-36(45)40-20-5-4-19-39-35(44)23-51-28-12-7-11-26(21-28)9-6-10-27-15-17-32(49-2)33(22-27)50-3/h7-8,11-15,17,21-22,30H,4-6,9-10,16,18-20,23-24H2,1-3H3,(H,39,44)(H,40,45)(H,41,43,46)/q-1. The molecule has 0 saturated carbocycles. The van der Waals surface area contributed by atoms with Gasteiger partial charge in [-0.1, -0.05) is 24.3 Å². The number of nitrogens with zero attached hydrogens (tertiary/aromatic N) is 1. The number of hydrogen-bond donors (Lipinski definition) is 3. The molecule has 52 heavy (non-hydrogen) atoms. The van der Waals surface area contributed by atoms with Crippen LogP contribution in [0.5, 0.6) is 23.0 Å². The Morgan fingerprint density at radius 2 is 1.46 bits per heavy atom. The minimum Gasteiger partial charge on any atom is -0.755 e. The first-order chi connectivity index (χ1) is 25.1. The maximum absolute atomic E-state index is 12.8. The van der Waals surface area contributed by atoms with Crippen LogP contribution in [0.4, 0.5) is 0 Å². The van der Waals surface area contributed by atoms with Crippen LogP contribution in [0, 0.1) is 12.1 Å². The van der Waals surface area contributed by atoms with E-state index in [1.807, 2.05) is 42.5 Å². The summed E-state index contributed by atoms with van der Waals surface area (Å²) in [5.41, 5.74) is 2.63. The number of hydroxylamine groups is 2. The Kier molecular flexibility index (Phi) is 14.8. The topological polar surface area (TPSA) is 185 Å². The predicted octanol–water partition coefficient (Wildman–Crippen LogP) is 3.40. The molecular formula is C38H45N4O10-. The van der Waals surface area contributed by atoms with E-state index in [4.69, 9.17) is 18.9 Å². The lowest BCUT2D eigenvalue weighted by Crippen LogP contribution is -2.52. The fourth-order valence-electron chi connectivity index (χ4n) is 5.59. The third-order valence-corrected chi connectivity index (χ3v) is 8.46. The van der Waals surface area contributed by atoms with E-state index in [9.17, 15) is 29.2 Å². The molecule has 1 heterocycles. The number of unbranched alkanes of at least 4 members (excludes halogenated alkanes) is 1. The van der Waals surface area contributed by atoms with Crippen LogP contribution in [0.3, 0.4) is 0 Å². The van der Waals surface area contributed by atoms with Gasteiger partial charge in [-0.2, -0.15) is 0 Å². The maximum Gasteiger partial charge on any atom is 0.257 e. The molecule has 1 unspecified atom stereocenters. The maximum atomic E-state index is 12.8. The Morgan fingerprint density at radius 1 is 0.808 bits per heavy atom. The Hall–Kier alpha value is -5.63. The molecule has 0 bridgehead atoms. The van der Waals surface area contributed by atoms with Gasteiger partial charge in [0.2, 0.25) is 17.7 Å². The smallest absolute Gasteiger partial charge is 0.257 e. The van der Waals surface area contributed by atoms with Crippen LogP contribution in [0.25, 0.3) is 0 Å². The molecule has 4 rings (SSSR count). The van der Waals surface area contributed by atoms with Gasteiger partial charge in [-0.05, 0) is 93.0 Å². The van der Waals surface area contributed by atoms with Crippen LogP contribution in [0.1, 0.15) is 59.2 Å². The second-order valence-corrected chi connectivity index (χ2v) is 12.2. The van der Waals surface area contributed by atoms with Gasteiger partial charge >= 0.3 is 0 Å². The summed E-state index contributed by atoms with van der Waals surface area (Å²) in [7, 11) is 3.23. The van der Waals surface area contributed by atoms with Crippen molar-refractivity contribution in [2.24, 2.45) is 0 Å². The van der Waals surface area contributed by atoms with Crippen molar-refractivity contribution in [1.29, 1.82) is 0 Å². The molecule has 14 heteroatoms. The minimum absolute atomic E-state index is 0.0252. The molecule has 3 N–H and O–H groups in total. The summed E-state index contributed by atoms with van der Waals surface area (Å²) in [5, 5.41) is 20.3. The lowest BCUT2D eigenvalue weighted by molar-refractivity contribution is -0.136. The van der Waals surface area contributed by atoms with Crippen molar-refractivity contribution >= 4 is 29.5 Å². The number of imide groups is 1. The SMILES string of the molecule is COc1ccc(CCCc2cccc(OCC(=O)NCCCCNC(=O)COc3cccc(C(=O)N([O-])C4CCC(=O)NC4=O)c3C)c2)cc1OC. The molecule has 3 aromatic carbocycles. The number of nitrogens with one attached hydrogen (secondary N) is 3. The average Bonchev–Trinajstić information content (AvgIpc) is 3.14. The Labute approximate surface area is 302 Å². The van der Waals surface area contributed by atoms with Gasteiger partial charge < -0.3 is 39.9 Å². The number of ether oxygens (including phenoxy) is 4. The highest BCUT2D eigenvalue weighted by atomic mass is 16.5. The zero-order valence-corrected chi connectivity index (χ0v) is 29.7. The van der Waals surface area contributed by atoms with Crippen molar-refractivity contribution in [2.75, 3.05) is 40.5 Å². The number of piperidine rings is 1. The zero-order chi connectivity index (χ0) is 37.5. The van der Waals surface area contributed by atoms with Gasteiger partial charge in [0, 0.05) is 30.6 Å². The largest absolute Gasteiger partial charge is 0.755 e. The third-order valence-electron chi connectivity index (χ3n) is 8.46. The van der Waals surface area contributed by atoms with Crippen LogP contribution in [-0.2, 0) is 32.0 Å². The molecule has 3 aromatic rings. The molecule has 1 fully saturated rings. The highest BCUT2D eigenvalue weighted by Crippen LogP contribution is 2.28. The van der Waals surface area contributed by atoms with Gasteiger partial charge in [0.25, 0.3) is 11.8 Å². The van der Waals surface area contributed by atoms with Crippen LogP contribution >= 0.6 is 0 Å². The fraction of sp³-hybridized carbons (Fsp3) is 0.395. The lowest BCUT2D eigenvalue weighted by Gasteiger charge is -2.37. The average molecular weight is 718 g/mol. The molecule has 14 nitrogen and oxygen atoms in total. The summed E-state index contributed by atoms with van der Waals surface area (Å²) in [5.74, 6) is -0.607. The zero-order valence-electron chi connectivity index (χ0n) is 29.7. The van der Waals surface area contributed by atoms with Gasteiger partial charge in [-0.15, -0.1) is 0 Å². The molecule has 0 radical (unpaired) electrons. The number of amides is 5. The summed E-state index contributed by atoms with van der Waals surface area (Å²) in [6, 6.07) is 16.8. The molecule has 278 valence electrons. The molecular weight excluding hydrogens is 672 g/mol. The van der Waals surface area contributed by atoms with E-state index in [2.05, 4.69) is 16.0 Å². The summed E-state index contributed by atoms with van der Waals surface area (Å²) < 4.78 is 22.0. The van der Waals surface area contributed by atoms with Crippen molar-refractivity contribution in [3.05, 3.63) is 88.1 Å². The molecule has 1 aliphatic rings. The van der Waals surface area contributed by atoms with Gasteiger partial charge in [0.15, 0.2) is 24.7 Å². The van der Waals surface area contributed by atoms with Gasteiger partial charge in [-0.3, -0.25) is 29.3 Å². The highest BCUT2D eigenvalue weighted by Gasteiger charge is 2.31. The van der Waals surface area contributed by atoms with Gasteiger partial charge in [0.05, 0.1) is 14.2 Å². The van der Waals surface area contributed by atoms with Gasteiger partial charge in [0.1, 0.15) is 17.5 Å². The fourth-order valence-corrected chi connectivity index (χ4v) is 5.59. The van der Waals surface area contributed by atoms with E-state index in [1.54, 1.807) is 27.2 Å². The van der Waals surface area contributed by atoms with Crippen molar-refractivity contribution < 1.29 is 42.9 Å². The highest BCUT2D eigenvalue weighted by molar-refractivity contribution is 6.04.